The number of aryl methyl sites for hydroxylation is 1. The highest BCUT2D eigenvalue weighted by atomic mass is 19.4. The minimum Gasteiger partial charge on any atom is -0.355 e. The zero-order chi connectivity index (χ0) is 19.8. The van der Waals surface area contributed by atoms with Crippen molar-refractivity contribution in [3.05, 3.63) is 41.1 Å². The van der Waals surface area contributed by atoms with Crippen LogP contribution >= 0.6 is 0 Å². The smallest absolute Gasteiger partial charge is 0.355 e. The summed E-state index contributed by atoms with van der Waals surface area (Å²) in [4.78, 5) is 12.6. The van der Waals surface area contributed by atoms with Crippen LogP contribution in [0.1, 0.15) is 35.5 Å². The van der Waals surface area contributed by atoms with Crippen LogP contribution in [0.4, 0.5) is 13.2 Å². The number of carbonyl (C=O) groups excluding carboxylic acids is 1. The van der Waals surface area contributed by atoms with E-state index >= 15 is 0 Å². The Labute approximate surface area is 153 Å². The van der Waals surface area contributed by atoms with E-state index in [1.54, 1.807) is 20.8 Å². The number of hydrogen-bond acceptors (Lipinski definition) is 5. The minimum absolute atomic E-state index is 0.0139. The molecule has 6 nitrogen and oxygen atoms in total. The summed E-state index contributed by atoms with van der Waals surface area (Å²) in [5.74, 6) is -1.24. The first-order valence-corrected chi connectivity index (χ1v) is 8.31. The molecule has 1 aliphatic rings. The molecule has 3 rings (SSSR count). The van der Waals surface area contributed by atoms with E-state index < -0.39 is 23.4 Å². The lowest BCUT2D eigenvalue weighted by Crippen LogP contribution is -2.34. The van der Waals surface area contributed by atoms with Crippen LogP contribution in [0.5, 0.6) is 0 Å². The van der Waals surface area contributed by atoms with Crippen LogP contribution in [0, 0.1) is 6.92 Å². The van der Waals surface area contributed by atoms with Gasteiger partial charge in [0.25, 0.3) is 5.91 Å². The van der Waals surface area contributed by atoms with Crippen molar-refractivity contribution in [2.75, 3.05) is 13.2 Å². The predicted octanol–water partition coefficient (Wildman–Crippen LogP) is 3.55. The van der Waals surface area contributed by atoms with Gasteiger partial charge in [0.2, 0.25) is 0 Å². The molecule has 2 heterocycles. The van der Waals surface area contributed by atoms with Crippen molar-refractivity contribution in [2.45, 2.75) is 38.8 Å². The number of amides is 1. The van der Waals surface area contributed by atoms with Gasteiger partial charge in [-0.15, -0.1) is 0 Å². The molecule has 0 spiro atoms. The van der Waals surface area contributed by atoms with Crippen LogP contribution in [0.15, 0.2) is 28.8 Å². The lowest BCUT2D eigenvalue weighted by atomic mass is 10.0. The molecule has 27 heavy (non-hydrogen) atoms. The number of nitrogens with zero attached hydrogens (tertiary/aromatic N) is 1. The molecule has 1 N–H and O–H groups in total. The summed E-state index contributed by atoms with van der Waals surface area (Å²) >= 11 is 0. The van der Waals surface area contributed by atoms with Crippen molar-refractivity contribution in [1.82, 2.24) is 10.5 Å². The highest BCUT2D eigenvalue weighted by molar-refractivity contribution is 6.00. The second-order valence-electron chi connectivity index (χ2n) is 6.71. The number of hydrogen-bond donors (Lipinski definition) is 1. The Morgan fingerprint density at radius 3 is 2.74 bits per heavy atom. The SMILES string of the molecule is Cc1noc(-c2cccc(C(F)(F)F)c2)c1C(=O)NCC1COC(C)(C)O1. The normalized spacial score (nSPS) is 19.3. The number of halogens is 3. The second-order valence-corrected chi connectivity index (χ2v) is 6.71. The maximum atomic E-state index is 13.0. The zero-order valence-electron chi connectivity index (χ0n) is 15.0. The first kappa shape index (κ1) is 19.4. The lowest BCUT2D eigenvalue weighted by Gasteiger charge is -2.17. The number of rotatable bonds is 4. The predicted molar refractivity (Wildman–Crippen MR) is 88.9 cm³/mol. The van der Waals surface area contributed by atoms with Gasteiger partial charge in [-0.3, -0.25) is 4.79 Å². The Morgan fingerprint density at radius 1 is 1.37 bits per heavy atom. The molecule has 0 radical (unpaired) electrons. The van der Waals surface area contributed by atoms with Gasteiger partial charge in [0.15, 0.2) is 11.5 Å². The highest BCUT2D eigenvalue weighted by Crippen LogP contribution is 2.33. The fraction of sp³-hybridized carbons (Fsp3) is 0.444. The molecule has 0 aliphatic carbocycles. The molecule has 1 atom stereocenters. The Hall–Kier alpha value is -2.39. The summed E-state index contributed by atoms with van der Waals surface area (Å²) in [5.41, 5.74) is -0.340. The third-order valence-electron chi connectivity index (χ3n) is 4.10. The van der Waals surface area contributed by atoms with E-state index in [1.807, 2.05) is 0 Å². The lowest BCUT2D eigenvalue weighted by molar-refractivity contribution is -0.138. The molecule has 1 aliphatic heterocycles. The topological polar surface area (TPSA) is 73.6 Å². The van der Waals surface area contributed by atoms with Crippen LogP contribution < -0.4 is 5.32 Å². The molecule has 9 heteroatoms. The Balaban J connectivity index is 1.80. The Kier molecular flexibility index (Phi) is 5.00. The monoisotopic (exact) mass is 384 g/mol. The van der Waals surface area contributed by atoms with Gasteiger partial charge in [0, 0.05) is 12.1 Å². The average molecular weight is 384 g/mol. The number of aromatic nitrogens is 1. The quantitative estimate of drug-likeness (QED) is 0.873. The van der Waals surface area contributed by atoms with Gasteiger partial charge < -0.3 is 19.3 Å². The van der Waals surface area contributed by atoms with Gasteiger partial charge >= 0.3 is 6.18 Å². The van der Waals surface area contributed by atoms with Crippen LogP contribution in [-0.4, -0.2) is 36.1 Å². The van der Waals surface area contributed by atoms with Gasteiger partial charge in [-0.25, -0.2) is 0 Å². The maximum Gasteiger partial charge on any atom is 0.416 e. The van der Waals surface area contributed by atoms with E-state index in [9.17, 15) is 18.0 Å². The molecule has 0 bridgehead atoms. The second kappa shape index (κ2) is 6.97. The summed E-state index contributed by atoms with van der Waals surface area (Å²) in [6.07, 6.45) is -4.82. The van der Waals surface area contributed by atoms with Gasteiger partial charge in [-0.1, -0.05) is 17.3 Å². The third kappa shape index (κ3) is 4.30. The van der Waals surface area contributed by atoms with E-state index in [-0.39, 0.29) is 35.2 Å². The van der Waals surface area contributed by atoms with Crippen molar-refractivity contribution in [2.24, 2.45) is 0 Å². The Morgan fingerprint density at radius 2 is 2.11 bits per heavy atom. The maximum absolute atomic E-state index is 13.0. The first-order chi connectivity index (χ1) is 12.6. The number of carbonyl (C=O) groups is 1. The summed E-state index contributed by atoms with van der Waals surface area (Å²) in [6, 6.07) is 4.56. The molecule has 0 saturated carbocycles. The molecule has 1 saturated heterocycles. The molecule has 1 fully saturated rings. The van der Waals surface area contributed by atoms with Crippen molar-refractivity contribution in [1.29, 1.82) is 0 Å². The van der Waals surface area contributed by atoms with Crippen LogP contribution in [0.25, 0.3) is 11.3 Å². The molecular formula is C18H19F3N2O4. The van der Waals surface area contributed by atoms with E-state index in [4.69, 9.17) is 14.0 Å². The van der Waals surface area contributed by atoms with Gasteiger partial charge in [-0.2, -0.15) is 13.2 Å². The molecular weight excluding hydrogens is 365 g/mol. The number of ether oxygens (including phenoxy) is 2. The van der Waals surface area contributed by atoms with Crippen molar-refractivity contribution in [3.8, 4) is 11.3 Å². The van der Waals surface area contributed by atoms with E-state index in [1.165, 1.54) is 12.1 Å². The van der Waals surface area contributed by atoms with Crippen LogP contribution in [0.2, 0.25) is 0 Å². The largest absolute Gasteiger partial charge is 0.416 e. The third-order valence-corrected chi connectivity index (χ3v) is 4.10. The fourth-order valence-electron chi connectivity index (χ4n) is 2.83. The molecule has 1 unspecified atom stereocenters. The summed E-state index contributed by atoms with van der Waals surface area (Å²) in [5, 5.41) is 6.43. The summed E-state index contributed by atoms with van der Waals surface area (Å²) in [7, 11) is 0. The molecule has 1 amide bonds. The highest BCUT2D eigenvalue weighted by Gasteiger charge is 2.34. The number of nitrogens with one attached hydrogen (secondary N) is 1. The van der Waals surface area contributed by atoms with Gasteiger partial charge in [-0.05, 0) is 32.9 Å². The van der Waals surface area contributed by atoms with Crippen molar-refractivity contribution in [3.63, 3.8) is 0 Å². The van der Waals surface area contributed by atoms with Crippen molar-refractivity contribution < 1.29 is 32.0 Å². The molecule has 146 valence electrons. The summed E-state index contributed by atoms with van der Waals surface area (Å²) < 4.78 is 55.0. The van der Waals surface area contributed by atoms with Gasteiger partial charge in [0.1, 0.15) is 11.7 Å². The van der Waals surface area contributed by atoms with Crippen LogP contribution in [0.3, 0.4) is 0 Å². The standard InChI is InChI=1S/C18H19F3N2O4/c1-10-14(16(24)22-8-13-9-25-17(2,3)26-13)15(27-23-10)11-5-4-6-12(7-11)18(19,20)21/h4-7,13H,8-9H2,1-3H3,(H,22,24). The molecule has 1 aromatic heterocycles. The van der Waals surface area contributed by atoms with Crippen molar-refractivity contribution >= 4 is 5.91 Å². The number of alkyl halides is 3. The number of benzene rings is 1. The Bertz CT molecular complexity index is 845. The van der Waals surface area contributed by atoms with E-state index in [2.05, 4.69) is 10.5 Å². The van der Waals surface area contributed by atoms with E-state index in [0.717, 1.165) is 12.1 Å². The zero-order valence-corrected chi connectivity index (χ0v) is 15.0. The molecule has 1 aromatic carbocycles. The minimum atomic E-state index is -4.50. The van der Waals surface area contributed by atoms with Crippen LogP contribution in [-0.2, 0) is 15.7 Å². The van der Waals surface area contributed by atoms with E-state index in [0.29, 0.717) is 6.61 Å². The molecule has 2 aromatic rings. The first-order valence-electron chi connectivity index (χ1n) is 8.31. The average Bonchev–Trinajstić information content (AvgIpc) is 3.14. The fourth-order valence-corrected chi connectivity index (χ4v) is 2.83. The van der Waals surface area contributed by atoms with Gasteiger partial charge in [0.05, 0.1) is 17.9 Å². The summed E-state index contributed by atoms with van der Waals surface area (Å²) in [6.45, 7) is 5.61.